The highest BCUT2D eigenvalue weighted by Crippen LogP contribution is 2.14. The van der Waals surface area contributed by atoms with Crippen molar-refractivity contribution in [1.29, 1.82) is 0 Å². The van der Waals surface area contributed by atoms with Gasteiger partial charge in [-0.1, -0.05) is 0 Å². The molecule has 122 valence electrons. The normalized spacial score (nSPS) is 15.1. The van der Waals surface area contributed by atoms with Crippen LogP contribution in [0.4, 0.5) is 4.79 Å². The van der Waals surface area contributed by atoms with Crippen LogP contribution in [0.1, 0.15) is 45.1 Å². The SMILES string of the molecule is CC(C)NC(=O)C(C)NC(=O)NCc1cn2c(n1)CCCC2. The third kappa shape index (κ3) is 4.47. The van der Waals surface area contributed by atoms with Gasteiger partial charge in [0.15, 0.2) is 0 Å². The van der Waals surface area contributed by atoms with Crippen molar-refractivity contribution < 1.29 is 9.59 Å². The molecule has 2 heterocycles. The number of fused-ring (bicyclic) bond motifs is 1. The zero-order chi connectivity index (χ0) is 16.1. The molecule has 0 fully saturated rings. The smallest absolute Gasteiger partial charge is 0.315 e. The van der Waals surface area contributed by atoms with Gasteiger partial charge in [-0.05, 0) is 33.6 Å². The monoisotopic (exact) mass is 307 g/mol. The van der Waals surface area contributed by atoms with Crippen molar-refractivity contribution in [1.82, 2.24) is 25.5 Å². The minimum Gasteiger partial charge on any atom is -0.352 e. The van der Waals surface area contributed by atoms with Crippen LogP contribution >= 0.6 is 0 Å². The maximum atomic E-state index is 11.8. The largest absolute Gasteiger partial charge is 0.352 e. The molecule has 0 aliphatic carbocycles. The van der Waals surface area contributed by atoms with Gasteiger partial charge in [0.1, 0.15) is 11.9 Å². The van der Waals surface area contributed by atoms with Crippen LogP contribution in [-0.4, -0.2) is 33.6 Å². The van der Waals surface area contributed by atoms with E-state index in [1.807, 2.05) is 20.0 Å². The molecule has 2 rings (SSSR count). The first-order chi connectivity index (χ1) is 10.5. The summed E-state index contributed by atoms with van der Waals surface area (Å²) in [6.45, 7) is 6.79. The van der Waals surface area contributed by atoms with Gasteiger partial charge in [-0.3, -0.25) is 4.79 Å². The number of amides is 3. The minimum absolute atomic E-state index is 0.0525. The summed E-state index contributed by atoms with van der Waals surface area (Å²) < 4.78 is 2.15. The number of imidazole rings is 1. The Kier molecular flexibility index (Phi) is 5.41. The molecule has 0 saturated carbocycles. The maximum Gasteiger partial charge on any atom is 0.315 e. The molecule has 22 heavy (non-hydrogen) atoms. The fraction of sp³-hybridized carbons (Fsp3) is 0.667. The molecule has 0 saturated heterocycles. The zero-order valence-electron chi connectivity index (χ0n) is 13.5. The van der Waals surface area contributed by atoms with Gasteiger partial charge in [0.2, 0.25) is 5.91 Å². The third-order valence-corrected chi connectivity index (χ3v) is 3.56. The molecule has 1 aromatic heterocycles. The van der Waals surface area contributed by atoms with Crippen LogP contribution in [0.2, 0.25) is 0 Å². The Morgan fingerprint density at radius 1 is 1.27 bits per heavy atom. The number of carbonyl (C=O) groups excluding carboxylic acids is 2. The lowest BCUT2D eigenvalue weighted by Crippen LogP contribution is -2.49. The van der Waals surface area contributed by atoms with Gasteiger partial charge in [-0.25, -0.2) is 9.78 Å². The molecule has 7 nitrogen and oxygen atoms in total. The van der Waals surface area contributed by atoms with Crippen molar-refractivity contribution in [3.63, 3.8) is 0 Å². The number of rotatable bonds is 5. The average molecular weight is 307 g/mol. The van der Waals surface area contributed by atoms with Crippen molar-refractivity contribution in [2.45, 2.75) is 65.2 Å². The predicted octanol–water partition coefficient (Wildman–Crippen LogP) is 0.932. The summed E-state index contributed by atoms with van der Waals surface area (Å²) in [5, 5.41) is 8.12. The van der Waals surface area contributed by atoms with Gasteiger partial charge in [-0.2, -0.15) is 0 Å². The number of nitrogens with zero attached hydrogens (tertiary/aromatic N) is 2. The summed E-state index contributed by atoms with van der Waals surface area (Å²) in [5.74, 6) is 0.899. The van der Waals surface area contributed by atoms with Gasteiger partial charge in [0.05, 0.1) is 12.2 Å². The molecule has 1 aliphatic heterocycles. The van der Waals surface area contributed by atoms with Crippen LogP contribution < -0.4 is 16.0 Å². The van der Waals surface area contributed by atoms with Gasteiger partial charge >= 0.3 is 6.03 Å². The van der Waals surface area contributed by atoms with Crippen LogP contribution in [0.15, 0.2) is 6.20 Å². The standard InChI is InChI=1S/C15H25N5O2/c1-10(2)17-14(21)11(3)18-15(22)16-8-12-9-20-7-5-4-6-13(20)19-12/h9-11H,4-8H2,1-3H3,(H,17,21)(H2,16,18,22). The summed E-state index contributed by atoms with van der Waals surface area (Å²) in [7, 11) is 0. The van der Waals surface area contributed by atoms with E-state index in [9.17, 15) is 9.59 Å². The number of aromatic nitrogens is 2. The zero-order valence-corrected chi connectivity index (χ0v) is 13.5. The Labute approximate surface area is 130 Å². The molecule has 0 bridgehead atoms. The summed E-state index contributed by atoms with van der Waals surface area (Å²) in [6.07, 6.45) is 5.34. The molecule has 1 aromatic rings. The Balaban J connectivity index is 1.77. The second kappa shape index (κ2) is 7.29. The fourth-order valence-electron chi connectivity index (χ4n) is 2.45. The lowest BCUT2D eigenvalue weighted by Gasteiger charge is -2.16. The summed E-state index contributed by atoms with van der Waals surface area (Å²) in [4.78, 5) is 28.1. The van der Waals surface area contributed by atoms with Crippen molar-refractivity contribution in [3.8, 4) is 0 Å². The Hall–Kier alpha value is -2.05. The fourth-order valence-corrected chi connectivity index (χ4v) is 2.45. The van der Waals surface area contributed by atoms with E-state index in [1.165, 1.54) is 12.8 Å². The Morgan fingerprint density at radius 2 is 2.05 bits per heavy atom. The number of hydrogen-bond donors (Lipinski definition) is 3. The molecule has 0 aromatic carbocycles. The second-order valence-electron chi connectivity index (χ2n) is 6.01. The van der Waals surface area contributed by atoms with E-state index < -0.39 is 6.04 Å². The van der Waals surface area contributed by atoms with E-state index >= 15 is 0 Å². The quantitative estimate of drug-likeness (QED) is 0.756. The highest BCUT2D eigenvalue weighted by Gasteiger charge is 2.16. The second-order valence-corrected chi connectivity index (χ2v) is 6.01. The van der Waals surface area contributed by atoms with Crippen molar-refractivity contribution in [2.24, 2.45) is 0 Å². The summed E-state index contributed by atoms with van der Waals surface area (Å²) >= 11 is 0. The first kappa shape index (κ1) is 16.3. The lowest BCUT2D eigenvalue weighted by atomic mass is 10.2. The van der Waals surface area contributed by atoms with Crippen LogP contribution in [-0.2, 0) is 24.3 Å². The topological polar surface area (TPSA) is 88.0 Å². The predicted molar refractivity (Wildman–Crippen MR) is 83.3 cm³/mol. The first-order valence-corrected chi connectivity index (χ1v) is 7.85. The van der Waals surface area contributed by atoms with E-state index in [0.29, 0.717) is 6.54 Å². The maximum absolute atomic E-state index is 11.8. The number of nitrogens with one attached hydrogen (secondary N) is 3. The van der Waals surface area contributed by atoms with Gasteiger partial charge in [0, 0.05) is 25.2 Å². The van der Waals surface area contributed by atoms with Gasteiger partial charge in [0.25, 0.3) is 0 Å². The van der Waals surface area contributed by atoms with Crippen molar-refractivity contribution in [2.75, 3.05) is 0 Å². The van der Waals surface area contributed by atoms with Crippen LogP contribution in [0.25, 0.3) is 0 Å². The van der Waals surface area contributed by atoms with E-state index in [4.69, 9.17) is 0 Å². The highest BCUT2D eigenvalue weighted by atomic mass is 16.2. The molecular formula is C15H25N5O2. The molecule has 0 radical (unpaired) electrons. The number of carbonyl (C=O) groups is 2. The molecule has 1 atom stereocenters. The number of hydrogen-bond acceptors (Lipinski definition) is 3. The van der Waals surface area contributed by atoms with E-state index in [-0.39, 0.29) is 18.0 Å². The lowest BCUT2D eigenvalue weighted by molar-refractivity contribution is -0.123. The van der Waals surface area contributed by atoms with Crippen molar-refractivity contribution in [3.05, 3.63) is 17.7 Å². The van der Waals surface area contributed by atoms with E-state index in [1.54, 1.807) is 6.92 Å². The molecule has 7 heteroatoms. The molecule has 3 N–H and O–H groups in total. The summed E-state index contributed by atoms with van der Waals surface area (Å²) in [6, 6.07) is -0.883. The number of aryl methyl sites for hydroxylation is 2. The van der Waals surface area contributed by atoms with Crippen LogP contribution in [0.3, 0.4) is 0 Å². The minimum atomic E-state index is -0.572. The Bertz CT molecular complexity index is 515. The van der Waals surface area contributed by atoms with E-state index in [0.717, 1.165) is 24.5 Å². The first-order valence-electron chi connectivity index (χ1n) is 7.85. The van der Waals surface area contributed by atoms with E-state index in [2.05, 4.69) is 25.5 Å². The van der Waals surface area contributed by atoms with Gasteiger partial charge < -0.3 is 20.5 Å². The van der Waals surface area contributed by atoms with Crippen molar-refractivity contribution >= 4 is 11.9 Å². The summed E-state index contributed by atoms with van der Waals surface area (Å²) in [5.41, 5.74) is 0.853. The average Bonchev–Trinajstić information content (AvgIpc) is 2.87. The third-order valence-electron chi connectivity index (χ3n) is 3.56. The van der Waals surface area contributed by atoms with Crippen LogP contribution in [0, 0.1) is 0 Å². The van der Waals surface area contributed by atoms with Gasteiger partial charge in [-0.15, -0.1) is 0 Å². The highest BCUT2D eigenvalue weighted by molar-refractivity contribution is 5.86. The molecular weight excluding hydrogens is 282 g/mol. The molecule has 1 aliphatic rings. The Morgan fingerprint density at radius 3 is 2.73 bits per heavy atom. The van der Waals surface area contributed by atoms with Crippen LogP contribution in [0.5, 0.6) is 0 Å². The molecule has 1 unspecified atom stereocenters. The number of urea groups is 1. The molecule has 0 spiro atoms. The molecule has 3 amide bonds.